The van der Waals surface area contributed by atoms with Gasteiger partial charge in [0.1, 0.15) is 0 Å². The molecule has 0 radical (unpaired) electrons. The van der Waals surface area contributed by atoms with Crippen molar-refractivity contribution in [3.63, 3.8) is 0 Å². The molecule has 1 aliphatic heterocycles. The molecular formula is C23H21Cl3N4O3. The lowest BCUT2D eigenvalue weighted by Gasteiger charge is -2.23. The monoisotopic (exact) mass is 506 g/mol. The van der Waals surface area contributed by atoms with Crippen molar-refractivity contribution in [3.8, 4) is 16.9 Å². The topological polar surface area (TPSA) is 87.5 Å². The number of aliphatic carboxylic acids is 1. The van der Waals surface area contributed by atoms with E-state index in [1.54, 1.807) is 40.0 Å². The molecule has 172 valence electrons. The fourth-order valence-electron chi connectivity index (χ4n) is 4.07. The predicted molar refractivity (Wildman–Crippen MR) is 128 cm³/mol. The zero-order chi connectivity index (χ0) is 23.7. The largest absolute Gasteiger partial charge is 0.481 e. The van der Waals surface area contributed by atoms with Gasteiger partial charge in [-0.25, -0.2) is 9.69 Å². The number of aromatic nitrogens is 2. The summed E-state index contributed by atoms with van der Waals surface area (Å²) in [5.74, 6) is -1.31. The molecule has 0 aliphatic carbocycles. The van der Waals surface area contributed by atoms with Crippen LogP contribution in [0, 0.1) is 6.92 Å². The summed E-state index contributed by atoms with van der Waals surface area (Å²) in [7, 11) is 0. The normalized spacial score (nSPS) is 16.2. The molecule has 1 atom stereocenters. The SMILES string of the molecule is Cc1c(C(=O)NN2CCCC2CC(=O)O)nn(-c2ccc(Cl)cc2Cl)c1-c1ccc(Cl)cc1. The van der Waals surface area contributed by atoms with Gasteiger partial charge in [-0.05, 0) is 50.1 Å². The van der Waals surface area contributed by atoms with Crippen LogP contribution in [0.4, 0.5) is 0 Å². The summed E-state index contributed by atoms with van der Waals surface area (Å²) in [6.07, 6.45) is 1.47. The third-order valence-corrected chi connectivity index (χ3v) is 6.42. The van der Waals surface area contributed by atoms with E-state index in [0.717, 1.165) is 12.0 Å². The third kappa shape index (κ3) is 5.01. The number of carboxylic acids is 1. The van der Waals surface area contributed by atoms with Gasteiger partial charge in [0, 0.05) is 33.8 Å². The first-order valence-corrected chi connectivity index (χ1v) is 11.5. The van der Waals surface area contributed by atoms with Crippen molar-refractivity contribution in [1.29, 1.82) is 0 Å². The van der Waals surface area contributed by atoms with Crippen LogP contribution in [-0.2, 0) is 4.79 Å². The number of hydrogen-bond donors (Lipinski definition) is 2. The van der Waals surface area contributed by atoms with Crippen LogP contribution in [0.3, 0.4) is 0 Å². The van der Waals surface area contributed by atoms with Crippen LogP contribution in [-0.4, -0.2) is 44.4 Å². The van der Waals surface area contributed by atoms with E-state index in [4.69, 9.17) is 39.9 Å². The summed E-state index contributed by atoms with van der Waals surface area (Å²) < 4.78 is 1.62. The first-order chi connectivity index (χ1) is 15.7. The predicted octanol–water partition coefficient (Wildman–Crippen LogP) is 5.39. The fraction of sp³-hybridized carbons (Fsp3) is 0.261. The van der Waals surface area contributed by atoms with Crippen molar-refractivity contribution in [2.24, 2.45) is 0 Å². The van der Waals surface area contributed by atoms with Crippen LogP contribution in [0.2, 0.25) is 15.1 Å². The number of carbonyl (C=O) groups is 2. The van der Waals surface area contributed by atoms with E-state index >= 15 is 0 Å². The summed E-state index contributed by atoms with van der Waals surface area (Å²) >= 11 is 18.6. The van der Waals surface area contributed by atoms with Crippen LogP contribution in [0.5, 0.6) is 0 Å². The number of benzene rings is 2. The third-order valence-electron chi connectivity index (χ3n) is 5.63. The molecule has 4 rings (SSSR count). The van der Waals surface area contributed by atoms with Gasteiger partial charge >= 0.3 is 5.97 Å². The maximum Gasteiger partial charge on any atom is 0.305 e. The van der Waals surface area contributed by atoms with Crippen molar-refractivity contribution in [3.05, 3.63) is 68.8 Å². The van der Waals surface area contributed by atoms with E-state index in [0.29, 0.717) is 45.0 Å². The van der Waals surface area contributed by atoms with Gasteiger partial charge in [0.25, 0.3) is 5.91 Å². The second-order valence-corrected chi connectivity index (χ2v) is 9.14. The summed E-state index contributed by atoms with van der Waals surface area (Å²) in [5, 5.41) is 16.9. The second-order valence-electron chi connectivity index (χ2n) is 7.86. The Morgan fingerprint density at radius 1 is 1.12 bits per heavy atom. The summed E-state index contributed by atoms with van der Waals surface area (Å²) in [4.78, 5) is 24.4. The van der Waals surface area contributed by atoms with Crippen molar-refractivity contribution in [2.75, 3.05) is 6.54 Å². The highest BCUT2D eigenvalue weighted by molar-refractivity contribution is 6.35. The molecule has 2 heterocycles. The maximum absolute atomic E-state index is 13.2. The lowest BCUT2D eigenvalue weighted by molar-refractivity contribution is -0.138. The standard InChI is InChI=1S/C23H21Cl3N4O3/c1-13-21(23(33)28-29-10-2-3-17(29)12-20(31)32)27-30(19-9-8-16(25)11-18(19)26)22(13)14-4-6-15(24)7-5-14/h4-9,11,17H,2-3,10,12H2,1H3,(H,28,33)(H,31,32). The van der Waals surface area contributed by atoms with E-state index in [2.05, 4.69) is 10.5 Å². The molecule has 7 nitrogen and oxygen atoms in total. The van der Waals surface area contributed by atoms with Crippen molar-refractivity contribution >= 4 is 46.7 Å². The maximum atomic E-state index is 13.2. The molecule has 1 amide bonds. The van der Waals surface area contributed by atoms with E-state index in [1.165, 1.54) is 0 Å². The molecule has 1 unspecified atom stereocenters. The van der Waals surface area contributed by atoms with Crippen LogP contribution in [0.1, 0.15) is 35.3 Å². The number of carbonyl (C=O) groups excluding carboxylic acids is 1. The second kappa shape index (κ2) is 9.73. The molecular weight excluding hydrogens is 487 g/mol. The van der Waals surface area contributed by atoms with E-state index < -0.39 is 11.9 Å². The van der Waals surface area contributed by atoms with Crippen LogP contribution in [0.25, 0.3) is 16.9 Å². The van der Waals surface area contributed by atoms with Gasteiger partial charge < -0.3 is 5.11 Å². The van der Waals surface area contributed by atoms with Gasteiger partial charge in [-0.2, -0.15) is 5.10 Å². The number of hydrogen-bond acceptors (Lipinski definition) is 4. The molecule has 1 fully saturated rings. The number of hydrazine groups is 1. The van der Waals surface area contributed by atoms with Gasteiger partial charge in [-0.15, -0.1) is 0 Å². The Morgan fingerprint density at radius 3 is 2.48 bits per heavy atom. The lowest BCUT2D eigenvalue weighted by atomic mass is 10.1. The Hall–Kier alpha value is -2.58. The summed E-state index contributed by atoms with van der Waals surface area (Å²) in [6, 6.07) is 12.0. The highest BCUT2D eigenvalue weighted by atomic mass is 35.5. The first-order valence-electron chi connectivity index (χ1n) is 10.3. The average Bonchev–Trinajstić information content (AvgIpc) is 3.32. The molecule has 1 aliphatic rings. The average molecular weight is 508 g/mol. The van der Waals surface area contributed by atoms with E-state index in [1.807, 2.05) is 19.1 Å². The molecule has 10 heteroatoms. The number of nitrogens with one attached hydrogen (secondary N) is 1. The molecule has 2 aromatic carbocycles. The Bertz CT molecular complexity index is 1210. The molecule has 1 saturated heterocycles. The molecule has 0 bridgehead atoms. The van der Waals surface area contributed by atoms with Crippen molar-refractivity contribution in [1.82, 2.24) is 20.2 Å². The highest BCUT2D eigenvalue weighted by Gasteiger charge is 2.30. The smallest absolute Gasteiger partial charge is 0.305 e. The number of halogens is 3. The minimum absolute atomic E-state index is 0.0376. The lowest BCUT2D eigenvalue weighted by Crippen LogP contribution is -2.46. The molecule has 2 N–H and O–H groups in total. The molecule has 0 saturated carbocycles. The Balaban J connectivity index is 1.75. The zero-order valence-corrected chi connectivity index (χ0v) is 20.0. The Kier molecular flexibility index (Phi) is 6.95. The molecule has 33 heavy (non-hydrogen) atoms. The summed E-state index contributed by atoms with van der Waals surface area (Å²) in [5.41, 5.74) is 5.77. The Morgan fingerprint density at radius 2 is 1.82 bits per heavy atom. The molecule has 0 spiro atoms. The van der Waals surface area contributed by atoms with Crippen molar-refractivity contribution < 1.29 is 14.7 Å². The zero-order valence-electron chi connectivity index (χ0n) is 17.7. The number of amides is 1. The van der Waals surface area contributed by atoms with E-state index in [-0.39, 0.29) is 18.2 Å². The van der Waals surface area contributed by atoms with Gasteiger partial charge in [-0.1, -0.05) is 46.9 Å². The minimum Gasteiger partial charge on any atom is -0.481 e. The number of rotatable bonds is 6. The highest BCUT2D eigenvalue weighted by Crippen LogP contribution is 2.33. The Labute approximate surface area is 205 Å². The molecule has 3 aromatic rings. The number of carboxylic acid groups (broad SMARTS) is 1. The quantitative estimate of drug-likeness (QED) is 0.467. The van der Waals surface area contributed by atoms with Crippen LogP contribution >= 0.6 is 34.8 Å². The first kappa shape index (κ1) is 23.6. The van der Waals surface area contributed by atoms with E-state index in [9.17, 15) is 9.59 Å². The minimum atomic E-state index is -0.899. The van der Waals surface area contributed by atoms with Crippen LogP contribution < -0.4 is 5.43 Å². The molecule has 1 aromatic heterocycles. The van der Waals surface area contributed by atoms with Gasteiger partial charge in [0.15, 0.2) is 5.69 Å². The fourth-order valence-corrected chi connectivity index (χ4v) is 4.68. The van der Waals surface area contributed by atoms with Gasteiger partial charge in [0.2, 0.25) is 0 Å². The van der Waals surface area contributed by atoms with Crippen molar-refractivity contribution in [2.45, 2.75) is 32.2 Å². The van der Waals surface area contributed by atoms with Gasteiger partial charge in [-0.3, -0.25) is 15.0 Å². The summed E-state index contributed by atoms with van der Waals surface area (Å²) in [6.45, 7) is 2.39. The van der Waals surface area contributed by atoms with Crippen LogP contribution in [0.15, 0.2) is 42.5 Å². The van der Waals surface area contributed by atoms with Gasteiger partial charge in [0.05, 0.1) is 22.8 Å². The number of nitrogens with zero attached hydrogens (tertiary/aromatic N) is 3.